The molecule has 1 saturated carbocycles. The number of esters is 1. The van der Waals surface area contributed by atoms with Crippen LogP contribution in [0.15, 0.2) is 41.8 Å². The minimum absolute atomic E-state index is 0.0356. The summed E-state index contributed by atoms with van der Waals surface area (Å²) >= 11 is 1.35. The number of anilines is 1. The summed E-state index contributed by atoms with van der Waals surface area (Å²) in [5.41, 5.74) is 0.745. The molecule has 2 aliphatic rings. The van der Waals surface area contributed by atoms with Gasteiger partial charge in [-0.05, 0) is 55.5 Å². The lowest BCUT2D eigenvalue weighted by atomic mass is 10.0. The number of carbonyl (C=O) groups excluding carboxylic acids is 4. The van der Waals surface area contributed by atoms with Crippen molar-refractivity contribution in [3.63, 3.8) is 0 Å². The van der Waals surface area contributed by atoms with Crippen LogP contribution in [0.5, 0.6) is 0 Å². The Hall–Kier alpha value is -3.00. The molecular formula is C25H28N2O5S. The summed E-state index contributed by atoms with van der Waals surface area (Å²) < 4.78 is 4.99. The fraction of sp³-hybridized carbons (Fsp3) is 0.440. The van der Waals surface area contributed by atoms with Gasteiger partial charge in [0, 0.05) is 6.04 Å². The van der Waals surface area contributed by atoms with Gasteiger partial charge in [0.05, 0.1) is 29.2 Å². The summed E-state index contributed by atoms with van der Waals surface area (Å²) in [6.07, 6.45) is 5.89. The van der Waals surface area contributed by atoms with E-state index in [0.29, 0.717) is 16.1 Å². The number of rotatable bonds is 6. The maximum atomic E-state index is 13.5. The first-order valence-electron chi connectivity index (χ1n) is 11.5. The fourth-order valence-corrected chi connectivity index (χ4v) is 5.36. The second-order valence-electron chi connectivity index (χ2n) is 8.39. The molecule has 33 heavy (non-hydrogen) atoms. The monoisotopic (exact) mass is 468 g/mol. The van der Waals surface area contributed by atoms with E-state index in [4.69, 9.17) is 4.74 Å². The van der Waals surface area contributed by atoms with Gasteiger partial charge in [0.15, 0.2) is 0 Å². The number of nitrogens with zero attached hydrogens (tertiary/aromatic N) is 2. The Morgan fingerprint density at radius 1 is 1.06 bits per heavy atom. The van der Waals surface area contributed by atoms with Gasteiger partial charge in [-0.2, -0.15) is 0 Å². The van der Waals surface area contributed by atoms with Crippen molar-refractivity contribution in [3.8, 4) is 0 Å². The van der Waals surface area contributed by atoms with E-state index in [1.165, 1.54) is 11.3 Å². The van der Waals surface area contributed by atoms with Crippen LogP contribution in [0.25, 0.3) is 0 Å². The minimum Gasteiger partial charge on any atom is -0.462 e. The predicted octanol–water partition coefficient (Wildman–Crippen LogP) is 4.42. The highest BCUT2D eigenvalue weighted by atomic mass is 32.1. The van der Waals surface area contributed by atoms with Gasteiger partial charge in [0.25, 0.3) is 11.8 Å². The zero-order valence-corrected chi connectivity index (χ0v) is 19.5. The molecule has 1 aliphatic heterocycles. The topological polar surface area (TPSA) is 84.0 Å². The van der Waals surface area contributed by atoms with Crippen LogP contribution in [-0.2, 0) is 14.3 Å². The molecule has 1 aliphatic carbocycles. The third-order valence-electron chi connectivity index (χ3n) is 6.28. The van der Waals surface area contributed by atoms with Gasteiger partial charge < -0.3 is 9.64 Å². The SMILES string of the molecule is CCOC(=O)c1ccc(N2C(=O)CC(N(C(=O)c3cccs3)C3CCCCCC3)C2=O)cc1. The van der Waals surface area contributed by atoms with Gasteiger partial charge in [-0.1, -0.05) is 31.7 Å². The number of amides is 3. The number of hydrogen-bond acceptors (Lipinski definition) is 6. The number of benzene rings is 1. The van der Waals surface area contributed by atoms with Crippen molar-refractivity contribution < 1.29 is 23.9 Å². The molecule has 1 saturated heterocycles. The third-order valence-corrected chi connectivity index (χ3v) is 7.14. The molecule has 2 aromatic rings. The number of ether oxygens (including phenoxy) is 1. The molecule has 0 radical (unpaired) electrons. The Labute approximate surface area is 197 Å². The van der Waals surface area contributed by atoms with Crippen molar-refractivity contribution in [2.45, 2.75) is 64.0 Å². The maximum absolute atomic E-state index is 13.5. The van der Waals surface area contributed by atoms with Crippen LogP contribution < -0.4 is 4.90 Å². The van der Waals surface area contributed by atoms with Crippen LogP contribution in [0.2, 0.25) is 0 Å². The molecule has 1 aromatic carbocycles. The molecule has 7 nitrogen and oxygen atoms in total. The first-order valence-corrected chi connectivity index (χ1v) is 12.4. The van der Waals surface area contributed by atoms with Crippen LogP contribution in [0.3, 0.4) is 0 Å². The summed E-state index contributed by atoms with van der Waals surface area (Å²) in [6, 6.07) is 8.94. The third kappa shape index (κ3) is 4.85. The number of thiophene rings is 1. The molecule has 2 fully saturated rings. The summed E-state index contributed by atoms with van der Waals surface area (Å²) in [6.45, 7) is 1.99. The number of imide groups is 1. The minimum atomic E-state index is -0.820. The van der Waals surface area contributed by atoms with Crippen molar-refractivity contribution in [3.05, 3.63) is 52.2 Å². The first kappa shape index (κ1) is 23.2. The summed E-state index contributed by atoms with van der Waals surface area (Å²) in [5, 5.41) is 1.84. The quantitative estimate of drug-likeness (QED) is 0.356. The molecule has 1 aromatic heterocycles. The molecule has 1 unspecified atom stereocenters. The van der Waals surface area contributed by atoms with E-state index in [-0.39, 0.29) is 30.9 Å². The fourth-order valence-electron chi connectivity index (χ4n) is 4.69. The summed E-state index contributed by atoms with van der Waals surface area (Å²) in [4.78, 5) is 55.3. The number of carbonyl (C=O) groups is 4. The zero-order chi connectivity index (χ0) is 23.4. The molecule has 2 heterocycles. The Morgan fingerprint density at radius 2 is 1.76 bits per heavy atom. The van der Waals surface area contributed by atoms with Crippen molar-refractivity contribution in [1.29, 1.82) is 0 Å². The summed E-state index contributed by atoms with van der Waals surface area (Å²) in [5.74, 6) is -1.37. The predicted molar refractivity (Wildman–Crippen MR) is 125 cm³/mol. The van der Waals surface area contributed by atoms with E-state index in [9.17, 15) is 19.2 Å². The van der Waals surface area contributed by atoms with Gasteiger partial charge in [-0.15, -0.1) is 11.3 Å². The average molecular weight is 469 g/mol. The van der Waals surface area contributed by atoms with Crippen molar-refractivity contribution in [1.82, 2.24) is 4.90 Å². The van der Waals surface area contributed by atoms with Crippen LogP contribution >= 0.6 is 11.3 Å². The Morgan fingerprint density at radius 3 is 2.36 bits per heavy atom. The molecule has 3 amide bonds. The van der Waals surface area contributed by atoms with E-state index >= 15 is 0 Å². The second kappa shape index (κ2) is 10.3. The van der Waals surface area contributed by atoms with E-state index in [0.717, 1.165) is 43.4 Å². The lowest BCUT2D eigenvalue weighted by Gasteiger charge is -2.34. The van der Waals surface area contributed by atoms with Gasteiger partial charge in [-0.25, -0.2) is 9.69 Å². The van der Waals surface area contributed by atoms with Gasteiger partial charge in [0.2, 0.25) is 5.91 Å². The van der Waals surface area contributed by atoms with Crippen molar-refractivity contribution in [2.24, 2.45) is 0 Å². The average Bonchev–Trinajstić information content (AvgIpc) is 3.35. The Balaban J connectivity index is 1.61. The van der Waals surface area contributed by atoms with Gasteiger partial charge in [-0.3, -0.25) is 14.4 Å². The molecule has 174 valence electrons. The molecule has 0 spiro atoms. The van der Waals surface area contributed by atoms with Crippen molar-refractivity contribution >= 4 is 40.7 Å². The van der Waals surface area contributed by atoms with Crippen LogP contribution in [0, 0.1) is 0 Å². The second-order valence-corrected chi connectivity index (χ2v) is 9.34. The van der Waals surface area contributed by atoms with E-state index < -0.39 is 17.9 Å². The number of hydrogen-bond donors (Lipinski definition) is 0. The molecule has 0 bridgehead atoms. The van der Waals surface area contributed by atoms with Gasteiger partial charge in [0.1, 0.15) is 6.04 Å². The van der Waals surface area contributed by atoms with Crippen molar-refractivity contribution in [2.75, 3.05) is 11.5 Å². The van der Waals surface area contributed by atoms with Crippen LogP contribution in [0.1, 0.15) is 71.9 Å². The lowest BCUT2D eigenvalue weighted by molar-refractivity contribution is -0.123. The smallest absolute Gasteiger partial charge is 0.338 e. The van der Waals surface area contributed by atoms with Gasteiger partial charge >= 0.3 is 5.97 Å². The highest BCUT2D eigenvalue weighted by Crippen LogP contribution is 2.32. The highest BCUT2D eigenvalue weighted by molar-refractivity contribution is 7.12. The maximum Gasteiger partial charge on any atom is 0.338 e. The Kier molecular flexibility index (Phi) is 7.23. The standard InChI is InChI=1S/C25H28N2O5S/c1-2-32-25(31)17-11-13-19(14-12-17)27-22(28)16-20(23(27)29)26(18-8-5-3-4-6-9-18)24(30)21-10-7-15-33-21/h7,10-15,18,20H,2-6,8-9,16H2,1H3. The van der Waals surface area contributed by atoms with E-state index in [1.54, 1.807) is 42.2 Å². The first-order chi connectivity index (χ1) is 16.0. The normalized spacial score (nSPS) is 19.4. The molecule has 1 atom stereocenters. The van der Waals surface area contributed by atoms with E-state index in [2.05, 4.69) is 0 Å². The van der Waals surface area contributed by atoms with Crippen LogP contribution in [-0.4, -0.2) is 47.3 Å². The Bertz CT molecular complexity index is 1010. The molecule has 0 N–H and O–H groups in total. The largest absolute Gasteiger partial charge is 0.462 e. The highest BCUT2D eigenvalue weighted by Gasteiger charge is 2.46. The molecule has 8 heteroatoms. The molecule has 4 rings (SSSR count). The molecular weight excluding hydrogens is 440 g/mol. The lowest BCUT2D eigenvalue weighted by Crippen LogP contribution is -2.50. The van der Waals surface area contributed by atoms with E-state index in [1.807, 2.05) is 11.4 Å². The van der Waals surface area contributed by atoms with Crippen LogP contribution in [0.4, 0.5) is 5.69 Å². The summed E-state index contributed by atoms with van der Waals surface area (Å²) in [7, 11) is 0. The zero-order valence-electron chi connectivity index (χ0n) is 18.7.